The molecule has 2 aromatic rings. The number of rotatable bonds is 2. The van der Waals surface area contributed by atoms with Crippen molar-refractivity contribution >= 4 is 22.5 Å². The first-order valence-electron chi connectivity index (χ1n) is 4.68. The quantitative estimate of drug-likeness (QED) is 0.808. The van der Waals surface area contributed by atoms with Gasteiger partial charge in [-0.25, -0.2) is 0 Å². The van der Waals surface area contributed by atoms with E-state index in [2.05, 4.69) is 25.1 Å². The van der Waals surface area contributed by atoms with E-state index >= 15 is 0 Å². The Hall–Kier alpha value is -0.990. The number of aryl methyl sites for hydroxylation is 1. The van der Waals surface area contributed by atoms with Crippen molar-refractivity contribution in [1.29, 1.82) is 0 Å². The molecule has 0 radical (unpaired) electrons. The standard InChI is InChI=1S/C11H13ClN2/c1-8-2-3-9-7-11(12)14(5-4-13)10(9)6-8/h2-3,6-7H,4-5,13H2,1H3. The molecular weight excluding hydrogens is 196 g/mol. The first kappa shape index (κ1) is 9.56. The molecule has 0 atom stereocenters. The van der Waals surface area contributed by atoms with Crippen LogP contribution in [0.5, 0.6) is 0 Å². The minimum absolute atomic E-state index is 0.609. The molecule has 0 fully saturated rings. The predicted molar refractivity (Wildman–Crippen MR) is 60.7 cm³/mol. The van der Waals surface area contributed by atoms with Crippen LogP contribution in [-0.4, -0.2) is 11.1 Å². The Bertz CT molecular complexity index is 460. The molecule has 0 unspecified atom stereocenters. The molecule has 1 heterocycles. The molecule has 0 bridgehead atoms. The van der Waals surface area contributed by atoms with Crippen LogP contribution in [0.3, 0.4) is 0 Å². The topological polar surface area (TPSA) is 30.9 Å². The van der Waals surface area contributed by atoms with Crippen molar-refractivity contribution in [2.45, 2.75) is 13.5 Å². The van der Waals surface area contributed by atoms with Crippen molar-refractivity contribution in [3.05, 3.63) is 35.0 Å². The highest BCUT2D eigenvalue weighted by Crippen LogP contribution is 2.24. The number of benzene rings is 1. The van der Waals surface area contributed by atoms with E-state index in [1.165, 1.54) is 16.5 Å². The monoisotopic (exact) mass is 208 g/mol. The maximum absolute atomic E-state index is 6.11. The summed E-state index contributed by atoms with van der Waals surface area (Å²) in [7, 11) is 0. The normalized spacial score (nSPS) is 11.1. The van der Waals surface area contributed by atoms with Gasteiger partial charge in [0.05, 0.1) is 0 Å². The number of halogens is 1. The van der Waals surface area contributed by atoms with Crippen LogP contribution in [-0.2, 0) is 6.54 Å². The molecule has 0 saturated carbocycles. The molecule has 2 nitrogen and oxygen atoms in total. The molecule has 2 N–H and O–H groups in total. The summed E-state index contributed by atoms with van der Waals surface area (Å²) >= 11 is 6.11. The number of nitrogens with two attached hydrogens (primary N) is 1. The number of aromatic nitrogens is 1. The summed E-state index contributed by atoms with van der Waals surface area (Å²) in [5, 5.41) is 1.94. The lowest BCUT2D eigenvalue weighted by Gasteiger charge is -2.04. The Balaban J connectivity index is 2.66. The van der Waals surface area contributed by atoms with Crippen LogP contribution in [0.1, 0.15) is 5.56 Å². The van der Waals surface area contributed by atoms with Crippen molar-refractivity contribution in [3.63, 3.8) is 0 Å². The summed E-state index contributed by atoms with van der Waals surface area (Å²) in [6.45, 7) is 3.45. The molecule has 2 rings (SSSR count). The van der Waals surface area contributed by atoms with Gasteiger partial charge in [0.2, 0.25) is 0 Å². The number of nitrogens with zero attached hydrogens (tertiary/aromatic N) is 1. The zero-order chi connectivity index (χ0) is 10.1. The highest BCUT2D eigenvalue weighted by atomic mass is 35.5. The Morgan fingerprint density at radius 1 is 1.36 bits per heavy atom. The second-order valence-corrected chi connectivity index (χ2v) is 3.86. The Morgan fingerprint density at radius 2 is 2.14 bits per heavy atom. The zero-order valence-electron chi connectivity index (χ0n) is 8.13. The van der Waals surface area contributed by atoms with Crippen LogP contribution >= 0.6 is 11.6 Å². The molecule has 3 heteroatoms. The summed E-state index contributed by atoms with van der Waals surface area (Å²) < 4.78 is 2.05. The average molecular weight is 209 g/mol. The summed E-state index contributed by atoms with van der Waals surface area (Å²) in [6, 6.07) is 8.29. The highest BCUT2D eigenvalue weighted by molar-refractivity contribution is 6.30. The van der Waals surface area contributed by atoms with Crippen molar-refractivity contribution in [1.82, 2.24) is 4.57 Å². The van der Waals surface area contributed by atoms with Gasteiger partial charge in [-0.15, -0.1) is 0 Å². The summed E-state index contributed by atoms with van der Waals surface area (Å²) in [4.78, 5) is 0. The van der Waals surface area contributed by atoms with Crippen LogP contribution in [0.2, 0.25) is 5.15 Å². The zero-order valence-corrected chi connectivity index (χ0v) is 8.88. The Labute approximate surface area is 88.3 Å². The Morgan fingerprint density at radius 3 is 2.86 bits per heavy atom. The van der Waals surface area contributed by atoms with Crippen molar-refractivity contribution in [3.8, 4) is 0 Å². The van der Waals surface area contributed by atoms with Crippen LogP contribution in [0.4, 0.5) is 0 Å². The van der Waals surface area contributed by atoms with E-state index in [9.17, 15) is 0 Å². The fourth-order valence-corrected chi connectivity index (χ4v) is 1.98. The Kier molecular flexibility index (Phi) is 2.48. The molecule has 0 saturated heterocycles. The van der Waals surface area contributed by atoms with E-state index in [4.69, 9.17) is 17.3 Å². The van der Waals surface area contributed by atoms with Crippen molar-refractivity contribution in [2.24, 2.45) is 5.73 Å². The van der Waals surface area contributed by atoms with Gasteiger partial charge < -0.3 is 10.3 Å². The average Bonchev–Trinajstić information content (AvgIpc) is 2.45. The number of fused-ring (bicyclic) bond motifs is 1. The fraction of sp³-hybridized carbons (Fsp3) is 0.273. The molecule has 0 spiro atoms. The van der Waals surface area contributed by atoms with E-state index in [1.54, 1.807) is 0 Å². The molecule has 0 aliphatic heterocycles. The fourth-order valence-electron chi connectivity index (χ4n) is 1.69. The van der Waals surface area contributed by atoms with Crippen LogP contribution < -0.4 is 5.73 Å². The van der Waals surface area contributed by atoms with Crippen LogP contribution in [0.25, 0.3) is 10.9 Å². The van der Waals surface area contributed by atoms with E-state index in [0.29, 0.717) is 6.54 Å². The number of hydrogen-bond acceptors (Lipinski definition) is 1. The van der Waals surface area contributed by atoms with Gasteiger partial charge in [-0.3, -0.25) is 0 Å². The smallest absolute Gasteiger partial charge is 0.110 e. The third-order valence-corrected chi connectivity index (χ3v) is 2.68. The maximum Gasteiger partial charge on any atom is 0.110 e. The molecule has 74 valence electrons. The van der Waals surface area contributed by atoms with Gasteiger partial charge in [-0.1, -0.05) is 23.7 Å². The van der Waals surface area contributed by atoms with Gasteiger partial charge >= 0.3 is 0 Å². The maximum atomic E-state index is 6.11. The molecule has 0 aliphatic rings. The van der Waals surface area contributed by atoms with Crippen LogP contribution in [0, 0.1) is 6.92 Å². The number of hydrogen-bond donors (Lipinski definition) is 1. The molecule has 1 aromatic carbocycles. The third-order valence-electron chi connectivity index (χ3n) is 2.36. The second kappa shape index (κ2) is 3.64. The SMILES string of the molecule is Cc1ccc2cc(Cl)n(CCN)c2c1. The van der Waals surface area contributed by atoms with Gasteiger partial charge in [0.1, 0.15) is 5.15 Å². The summed E-state index contributed by atoms with van der Waals surface area (Å²) in [5.74, 6) is 0. The minimum Gasteiger partial charge on any atom is -0.330 e. The molecule has 14 heavy (non-hydrogen) atoms. The first-order valence-corrected chi connectivity index (χ1v) is 5.05. The largest absolute Gasteiger partial charge is 0.330 e. The van der Waals surface area contributed by atoms with Gasteiger partial charge in [0, 0.05) is 24.0 Å². The summed E-state index contributed by atoms with van der Waals surface area (Å²) in [6.07, 6.45) is 0. The van der Waals surface area contributed by atoms with Gasteiger partial charge in [0.15, 0.2) is 0 Å². The van der Waals surface area contributed by atoms with E-state index in [0.717, 1.165) is 11.7 Å². The molecule has 0 amide bonds. The molecule has 1 aromatic heterocycles. The predicted octanol–water partition coefficient (Wildman–Crippen LogP) is 2.56. The second-order valence-electron chi connectivity index (χ2n) is 3.47. The lowest BCUT2D eigenvalue weighted by molar-refractivity contribution is 0.736. The van der Waals surface area contributed by atoms with Crippen molar-refractivity contribution in [2.75, 3.05) is 6.54 Å². The first-order chi connectivity index (χ1) is 6.72. The lowest BCUT2D eigenvalue weighted by Crippen LogP contribution is -2.09. The third kappa shape index (κ3) is 1.51. The van der Waals surface area contributed by atoms with Gasteiger partial charge in [-0.05, 0) is 24.6 Å². The van der Waals surface area contributed by atoms with Gasteiger partial charge in [-0.2, -0.15) is 0 Å². The van der Waals surface area contributed by atoms with E-state index in [-0.39, 0.29) is 0 Å². The van der Waals surface area contributed by atoms with Crippen molar-refractivity contribution < 1.29 is 0 Å². The van der Waals surface area contributed by atoms with Crippen LogP contribution in [0.15, 0.2) is 24.3 Å². The summed E-state index contributed by atoms with van der Waals surface area (Å²) in [5.41, 5.74) is 7.95. The molecule has 0 aliphatic carbocycles. The van der Waals surface area contributed by atoms with E-state index < -0.39 is 0 Å². The molecular formula is C11H13ClN2. The highest BCUT2D eigenvalue weighted by Gasteiger charge is 2.05. The minimum atomic E-state index is 0.609. The lowest BCUT2D eigenvalue weighted by atomic mass is 10.2. The van der Waals surface area contributed by atoms with Gasteiger partial charge in [0.25, 0.3) is 0 Å². The van der Waals surface area contributed by atoms with E-state index in [1.807, 2.05) is 10.6 Å².